The zero-order valence-corrected chi connectivity index (χ0v) is 10.1. The molecule has 2 unspecified atom stereocenters. The molecule has 2 atom stereocenters. The topological polar surface area (TPSA) is 26.7 Å². The first-order valence-electron chi connectivity index (χ1n) is 5.27. The van der Waals surface area contributed by atoms with Crippen molar-refractivity contribution < 1.29 is 5.11 Å². The lowest BCUT2D eigenvalue weighted by molar-refractivity contribution is 0.0140. The zero-order valence-electron chi connectivity index (χ0n) is 9.26. The minimum Gasteiger partial charge on any atom is -0.387 e. The molecule has 0 aromatic carbocycles. The van der Waals surface area contributed by atoms with Gasteiger partial charge in [-0.3, -0.25) is 4.90 Å². The van der Waals surface area contributed by atoms with E-state index in [4.69, 9.17) is 0 Å². The first-order valence-corrected chi connectivity index (χ1v) is 6.21. The van der Waals surface area contributed by atoms with E-state index in [1.54, 1.807) is 11.3 Å². The first-order chi connectivity index (χ1) is 7.18. The van der Waals surface area contributed by atoms with Crippen molar-refractivity contribution in [1.29, 1.82) is 0 Å². The first kappa shape index (κ1) is 11.1. The number of likely N-dealkylation sites (N-methyl/N-ethyl adjacent to an activating group) is 2. The SMILES string of the molecule is CN1CCN(C)C(C(O)c2ccsc2)C1. The fourth-order valence-corrected chi connectivity index (χ4v) is 2.74. The number of rotatable bonds is 2. The third kappa shape index (κ3) is 2.39. The summed E-state index contributed by atoms with van der Waals surface area (Å²) in [5.74, 6) is 0. The molecule has 0 amide bonds. The van der Waals surface area contributed by atoms with Crippen LogP contribution in [0.4, 0.5) is 0 Å². The molecule has 0 aliphatic carbocycles. The van der Waals surface area contributed by atoms with E-state index in [-0.39, 0.29) is 12.1 Å². The highest BCUT2D eigenvalue weighted by Crippen LogP contribution is 2.24. The number of thiophene rings is 1. The van der Waals surface area contributed by atoms with Gasteiger partial charge in [-0.15, -0.1) is 0 Å². The van der Waals surface area contributed by atoms with Crippen LogP contribution in [0.5, 0.6) is 0 Å². The summed E-state index contributed by atoms with van der Waals surface area (Å²) in [6, 6.07) is 2.23. The molecule has 0 radical (unpaired) electrons. The fourth-order valence-electron chi connectivity index (χ4n) is 2.05. The third-order valence-electron chi connectivity index (χ3n) is 3.15. The third-order valence-corrected chi connectivity index (χ3v) is 3.85. The van der Waals surface area contributed by atoms with E-state index in [0.29, 0.717) is 0 Å². The number of aliphatic hydroxyl groups is 1. The second-order valence-electron chi connectivity index (χ2n) is 4.31. The molecule has 2 rings (SSSR count). The summed E-state index contributed by atoms with van der Waals surface area (Å²) in [4.78, 5) is 4.53. The van der Waals surface area contributed by atoms with Crippen LogP contribution in [0.1, 0.15) is 11.7 Å². The van der Waals surface area contributed by atoms with E-state index in [0.717, 1.165) is 25.2 Å². The number of hydrogen-bond acceptors (Lipinski definition) is 4. The molecule has 1 aliphatic heterocycles. The van der Waals surface area contributed by atoms with Crippen LogP contribution in [0.25, 0.3) is 0 Å². The monoisotopic (exact) mass is 226 g/mol. The van der Waals surface area contributed by atoms with Gasteiger partial charge in [0.2, 0.25) is 0 Å². The van der Waals surface area contributed by atoms with Gasteiger partial charge in [0.05, 0.1) is 12.1 Å². The Labute approximate surface area is 94.9 Å². The van der Waals surface area contributed by atoms with E-state index < -0.39 is 0 Å². The van der Waals surface area contributed by atoms with Crippen molar-refractivity contribution in [2.45, 2.75) is 12.1 Å². The minimum atomic E-state index is -0.357. The quantitative estimate of drug-likeness (QED) is 0.816. The lowest BCUT2D eigenvalue weighted by atomic mass is 10.0. The molecule has 1 aromatic heterocycles. The van der Waals surface area contributed by atoms with Gasteiger partial charge in [0.1, 0.15) is 0 Å². The van der Waals surface area contributed by atoms with Gasteiger partial charge in [0, 0.05) is 19.6 Å². The molecule has 1 fully saturated rings. The lowest BCUT2D eigenvalue weighted by Gasteiger charge is -2.40. The van der Waals surface area contributed by atoms with Crippen molar-refractivity contribution in [3.05, 3.63) is 22.4 Å². The second-order valence-corrected chi connectivity index (χ2v) is 5.09. The highest BCUT2D eigenvalue weighted by molar-refractivity contribution is 7.07. The van der Waals surface area contributed by atoms with E-state index in [9.17, 15) is 5.11 Å². The average molecular weight is 226 g/mol. The van der Waals surface area contributed by atoms with Gasteiger partial charge < -0.3 is 10.0 Å². The normalized spacial score (nSPS) is 26.7. The second kappa shape index (κ2) is 4.61. The predicted octanol–water partition coefficient (Wildman–Crippen LogP) is 1.03. The van der Waals surface area contributed by atoms with Gasteiger partial charge in [-0.05, 0) is 36.5 Å². The Morgan fingerprint density at radius 1 is 1.47 bits per heavy atom. The molecule has 1 aliphatic rings. The molecule has 15 heavy (non-hydrogen) atoms. The van der Waals surface area contributed by atoms with Crippen molar-refractivity contribution in [2.75, 3.05) is 33.7 Å². The molecule has 2 heterocycles. The van der Waals surface area contributed by atoms with Gasteiger partial charge >= 0.3 is 0 Å². The molecule has 1 saturated heterocycles. The molecular formula is C11H18N2OS. The van der Waals surface area contributed by atoms with Crippen molar-refractivity contribution in [3.63, 3.8) is 0 Å². The summed E-state index contributed by atoms with van der Waals surface area (Å²) >= 11 is 1.64. The van der Waals surface area contributed by atoms with Crippen molar-refractivity contribution >= 4 is 11.3 Å². The van der Waals surface area contributed by atoms with Crippen molar-refractivity contribution in [2.24, 2.45) is 0 Å². The Bertz CT molecular complexity index is 302. The highest BCUT2D eigenvalue weighted by atomic mass is 32.1. The van der Waals surface area contributed by atoms with Crippen molar-refractivity contribution in [1.82, 2.24) is 9.80 Å². The molecule has 1 N–H and O–H groups in total. The molecule has 3 nitrogen and oxygen atoms in total. The number of aliphatic hydroxyl groups excluding tert-OH is 1. The highest BCUT2D eigenvalue weighted by Gasteiger charge is 2.29. The van der Waals surface area contributed by atoms with Gasteiger partial charge in [0.25, 0.3) is 0 Å². The summed E-state index contributed by atoms with van der Waals surface area (Å²) in [6.45, 7) is 3.05. The summed E-state index contributed by atoms with van der Waals surface area (Å²) in [7, 11) is 4.20. The molecule has 0 saturated carbocycles. The lowest BCUT2D eigenvalue weighted by Crippen LogP contribution is -2.52. The van der Waals surface area contributed by atoms with E-state index in [1.807, 2.05) is 16.8 Å². The van der Waals surface area contributed by atoms with Gasteiger partial charge in [0.15, 0.2) is 0 Å². The van der Waals surface area contributed by atoms with Crippen LogP contribution in [0.3, 0.4) is 0 Å². The number of nitrogens with zero attached hydrogens (tertiary/aromatic N) is 2. The summed E-state index contributed by atoms with van der Waals surface area (Å²) in [6.07, 6.45) is -0.357. The maximum absolute atomic E-state index is 10.3. The smallest absolute Gasteiger partial charge is 0.0965 e. The summed E-state index contributed by atoms with van der Waals surface area (Å²) < 4.78 is 0. The summed E-state index contributed by atoms with van der Waals surface area (Å²) in [5.41, 5.74) is 1.05. The predicted molar refractivity (Wildman–Crippen MR) is 63.2 cm³/mol. The average Bonchev–Trinajstić information content (AvgIpc) is 2.74. The molecule has 84 valence electrons. The van der Waals surface area contributed by atoms with Crippen molar-refractivity contribution in [3.8, 4) is 0 Å². The van der Waals surface area contributed by atoms with E-state index in [1.165, 1.54) is 0 Å². The molecule has 1 aromatic rings. The maximum Gasteiger partial charge on any atom is 0.0965 e. The molecule has 0 spiro atoms. The van der Waals surface area contributed by atoms with Gasteiger partial charge in [-0.1, -0.05) is 0 Å². The van der Waals surface area contributed by atoms with Gasteiger partial charge in [-0.2, -0.15) is 11.3 Å². The number of hydrogen-bond donors (Lipinski definition) is 1. The molecule has 4 heteroatoms. The van der Waals surface area contributed by atoms with E-state index >= 15 is 0 Å². The van der Waals surface area contributed by atoms with Crippen LogP contribution in [-0.4, -0.2) is 54.7 Å². The zero-order chi connectivity index (χ0) is 10.8. The standard InChI is InChI=1S/C11H18N2OS/c1-12-4-5-13(2)10(7-12)11(14)9-3-6-15-8-9/h3,6,8,10-11,14H,4-5,7H2,1-2H3. The Balaban J connectivity index is 2.08. The Kier molecular flexibility index (Phi) is 3.41. The maximum atomic E-state index is 10.3. The summed E-state index contributed by atoms with van der Waals surface area (Å²) in [5, 5.41) is 14.3. The van der Waals surface area contributed by atoms with Crippen LogP contribution >= 0.6 is 11.3 Å². The largest absolute Gasteiger partial charge is 0.387 e. The Hall–Kier alpha value is -0.420. The van der Waals surface area contributed by atoms with Gasteiger partial charge in [-0.25, -0.2) is 0 Å². The molecular weight excluding hydrogens is 208 g/mol. The molecule has 0 bridgehead atoms. The number of piperazine rings is 1. The Morgan fingerprint density at radius 2 is 2.27 bits per heavy atom. The van der Waals surface area contributed by atoms with E-state index in [2.05, 4.69) is 23.9 Å². The van der Waals surface area contributed by atoms with Crippen LogP contribution < -0.4 is 0 Å². The Morgan fingerprint density at radius 3 is 2.93 bits per heavy atom. The van der Waals surface area contributed by atoms with Crippen LogP contribution in [0.15, 0.2) is 16.8 Å². The van der Waals surface area contributed by atoms with Crippen LogP contribution in [0, 0.1) is 0 Å². The van der Waals surface area contributed by atoms with Crippen LogP contribution in [0.2, 0.25) is 0 Å². The fraction of sp³-hybridized carbons (Fsp3) is 0.636. The van der Waals surface area contributed by atoms with Crippen LogP contribution in [-0.2, 0) is 0 Å². The minimum absolute atomic E-state index is 0.221.